The Hall–Kier alpha value is -1.10. The number of aliphatic hydroxyl groups excluding tert-OH is 1. The third kappa shape index (κ3) is 2.23. The first-order chi connectivity index (χ1) is 8.74. The van der Waals surface area contributed by atoms with Crippen molar-refractivity contribution in [1.29, 1.82) is 0 Å². The molecule has 0 radical (unpaired) electrons. The predicted molar refractivity (Wildman–Crippen MR) is 68.0 cm³/mol. The highest BCUT2D eigenvalue weighted by Gasteiger charge is 2.36. The summed E-state index contributed by atoms with van der Waals surface area (Å²) in [5.41, 5.74) is 0.971. The van der Waals surface area contributed by atoms with Crippen LogP contribution in [-0.4, -0.2) is 47.7 Å². The zero-order chi connectivity index (χ0) is 12.5. The summed E-state index contributed by atoms with van der Waals surface area (Å²) < 4.78 is 13.9. The van der Waals surface area contributed by atoms with Gasteiger partial charge in [0.15, 0.2) is 5.96 Å². The van der Waals surface area contributed by atoms with E-state index in [4.69, 9.17) is 0 Å². The minimum absolute atomic E-state index is 0.0154. The van der Waals surface area contributed by atoms with Gasteiger partial charge in [0.25, 0.3) is 0 Å². The number of hydrogen-bond acceptors (Lipinski definition) is 4. The highest BCUT2D eigenvalue weighted by molar-refractivity contribution is 5.82. The van der Waals surface area contributed by atoms with E-state index in [1.807, 2.05) is 0 Å². The van der Waals surface area contributed by atoms with Gasteiger partial charge in [0, 0.05) is 6.54 Å². The summed E-state index contributed by atoms with van der Waals surface area (Å²) in [7, 11) is 0. The van der Waals surface area contributed by atoms with Gasteiger partial charge in [-0.3, -0.25) is 4.99 Å². The third-order valence-electron chi connectivity index (χ3n) is 4.11. The lowest BCUT2D eigenvalue weighted by Gasteiger charge is -2.20. The summed E-state index contributed by atoms with van der Waals surface area (Å²) in [4.78, 5) is 6.45. The molecule has 0 amide bonds. The molecule has 4 nitrogen and oxygen atoms in total. The molecule has 100 valence electrons. The Morgan fingerprint density at radius 1 is 1.44 bits per heavy atom. The fourth-order valence-corrected chi connectivity index (χ4v) is 3.12. The number of aliphatic imine (C=N–C) groups is 1. The quantitative estimate of drug-likeness (QED) is 0.777. The van der Waals surface area contributed by atoms with E-state index < -0.39 is 0 Å². The number of allylic oxidation sites excluding steroid dienone is 1. The molecule has 0 aromatic heterocycles. The van der Waals surface area contributed by atoms with Gasteiger partial charge in [-0.05, 0) is 37.7 Å². The first-order valence-electron chi connectivity index (χ1n) is 6.83. The average molecular weight is 253 g/mol. The van der Waals surface area contributed by atoms with Crippen LogP contribution in [-0.2, 0) is 0 Å². The number of guanidine groups is 1. The Balaban J connectivity index is 1.56. The Labute approximate surface area is 107 Å². The molecule has 0 bridgehead atoms. The van der Waals surface area contributed by atoms with Crippen molar-refractivity contribution in [3.05, 3.63) is 11.4 Å². The van der Waals surface area contributed by atoms with E-state index in [-0.39, 0.29) is 18.5 Å². The molecule has 0 aromatic rings. The zero-order valence-corrected chi connectivity index (χ0v) is 10.5. The second-order valence-electron chi connectivity index (χ2n) is 5.43. The normalized spacial score (nSPS) is 30.7. The largest absolute Gasteiger partial charge is 0.391 e. The minimum atomic E-state index is -0.264. The molecule has 2 heterocycles. The summed E-state index contributed by atoms with van der Waals surface area (Å²) in [6.45, 7) is 1.58. The molecule has 2 fully saturated rings. The standard InChI is InChI=1S/C13H20FN3O/c14-12(9-3-1-2-4-9)7-16-13-15-6-10-5-11(18)8-17(10)13/h10-11,18H,1-8H2,(H,15,16)/t10-,11-/m1/s1. The average Bonchev–Trinajstić information content (AvgIpc) is 3.02. The number of aliphatic hydroxyl groups is 1. The van der Waals surface area contributed by atoms with Gasteiger partial charge in [0.1, 0.15) is 5.83 Å². The number of nitrogens with one attached hydrogen (secondary N) is 1. The van der Waals surface area contributed by atoms with Crippen molar-refractivity contribution in [3.8, 4) is 0 Å². The van der Waals surface area contributed by atoms with Crippen LogP contribution in [0.5, 0.6) is 0 Å². The number of rotatable bonds is 2. The molecular weight excluding hydrogens is 233 g/mol. The number of hydrogen-bond donors (Lipinski definition) is 2. The van der Waals surface area contributed by atoms with Gasteiger partial charge in [-0.2, -0.15) is 0 Å². The van der Waals surface area contributed by atoms with E-state index >= 15 is 0 Å². The van der Waals surface area contributed by atoms with Crippen LogP contribution in [0.4, 0.5) is 4.39 Å². The van der Waals surface area contributed by atoms with Crippen LogP contribution < -0.4 is 5.32 Å². The molecule has 1 saturated carbocycles. The Morgan fingerprint density at radius 2 is 2.22 bits per heavy atom. The van der Waals surface area contributed by atoms with Gasteiger partial charge < -0.3 is 15.3 Å². The summed E-state index contributed by atoms with van der Waals surface area (Å²) in [5.74, 6) is 0.740. The third-order valence-corrected chi connectivity index (χ3v) is 4.11. The van der Waals surface area contributed by atoms with Crippen molar-refractivity contribution in [3.63, 3.8) is 0 Å². The Morgan fingerprint density at radius 3 is 3.00 bits per heavy atom. The molecule has 2 aliphatic heterocycles. The smallest absolute Gasteiger partial charge is 0.194 e. The van der Waals surface area contributed by atoms with Gasteiger partial charge in [0.2, 0.25) is 0 Å². The van der Waals surface area contributed by atoms with E-state index in [9.17, 15) is 9.50 Å². The highest BCUT2D eigenvalue weighted by Crippen LogP contribution is 2.27. The maximum absolute atomic E-state index is 13.9. The van der Waals surface area contributed by atoms with Crippen LogP contribution in [0.2, 0.25) is 0 Å². The molecule has 0 unspecified atom stereocenters. The summed E-state index contributed by atoms with van der Waals surface area (Å²) in [6, 6.07) is 0.310. The SMILES string of the molecule is O[C@@H]1C[C@@H]2CN=C(NCC(F)=C3CCCC3)N2C1. The van der Waals surface area contributed by atoms with Crippen molar-refractivity contribution < 1.29 is 9.50 Å². The molecule has 1 saturated heterocycles. The van der Waals surface area contributed by atoms with Gasteiger partial charge in [0.05, 0.1) is 25.2 Å². The molecule has 5 heteroatoms. The molecule has 3 aliphatic rings. The second kappa shape index (κ2) is 4.88. The van der Waals surface area contributed by atoms with Crippen molar-refractivity contribution in [2.75, 3.05) is 19.6 Å². The van der Waals surface area contributed by atoms with E-state index in [2.05, 4.69) is 15.2 Å². The van der Waals surface area contributed by atoms with Crippen LogP contribution in [0, 0.1) is 0 Å². The van der Waals surface area contributed by atoms with Crippen LogP contribution >= 0.6 is 0 Å². The Kier molecular flexibility index (Phi) is 3.24. The molecule has 0 spiro atoms. The molecule has 3 rings (SSSR count). The lowest BCUT2D eigenvalue weighted by atomic mass is 10.2. The van der Waals surface area contributed by atoms with Gasteiger partial charge in [-0.15, -0.1) is 0 Å². The maximum atomic E-state index is 13.9. The van der Waals surface area contributed by atoms with Gasteiger partial charge in [-0.1, -0.05) is 0 Å². The van der Waals surface area contributed by atoms with Crippen LogP contribution in [0.25, 0.3) is 0 Å². The van der Waals surface area contributed by atoms with Gasteiger partial charge in [-0.25, -0.2) is 4.39 Å². The fourth-order valence-electron chi connectivity index (χ4n) is 3.12. The first-order valence-corrected chi connectivity index (χ1v) is 6.83. The first kappa shape index (κ1) is 12.0. The lowest BCUT2D eigenvalue weighted by Crippen LogP contribution is -2.41. The molecule has 1 aliphatic carbocycles. The van der Waals surface area contributed by atoms with Crippen molar-refractivity contribution in [2.45, 2.75) is 44.2 Å². The summed E-state index contributed by atoms with van der Waals surface area (Å²) in [6.07, 6.45) is 4.56. The molecular formula is C13H20FN3O. The Bertz CT molecular complexity index is 386. The topological polar surface area (TPSA) is 47.9 Å². The monoisotopic (exact) mass is 253 g/mol. The van der Waals surface area contributed by atoms with E-state index in [0.29, 0.717) is 12.6 Å². The van der Waals surface area contributed by atoms with Crippen molar-refractivity contribution in [1.82, 2.24) is 10.2 Å². The van der Waals surface area contributed by atoms with Crippen LogP contribution in [0.1, 0.15) is 32.1 Å². The van der Waals surface area contributed by atoms with E-state index in [0.717, 1.165) is 50.2 Å². The molecule has 2 atom stereocenters. The molecule has 18 heavy (non-hydrogen) atoms. The molecule has 0 aromatic carbocycles. The van der Waals surface area contributed by atoms with Gasteiger partial charge >= 0.3 is 0 Å². The maximum Gasteiger partial charge on any atom is 0.194 e. The molecule has 2 N–H and O–H groups in total. The predicted octanol–water partition coefficient (Wildman–Crippen LogP) is 1.18. The summed E-state index contributed by atoms with van der Waals surface area (Å²) >= 11 is 0. The number of halogens is 1. The highest BCUT2D eigenvalue weighted by atomic mass is 19.1. The zero-order valence-electron chi connectivity index (χ0n) is 10.5. The number of nitrogens with zero attached hydrogens (tertiary/aromatic N) is 2. The second-order valence-corrected chi connectivity index (χ2v) is 5.43. The van der Waals surface area contributed by atoms with E-state index in [1.54, 1.807) is 0 Å². The number of fused-ring (bicyclic) bond motifs is 1. The lowest BCUT2D eigenvalue weighted by molar-refractivity contribution is 0.187. The van der Waals surface area contributed by atoms with Crippen molar-refractivity contribution >= 4 is 5.96 Å². The van der Waals surface area contributed by atoms with E-state index in [1.165, 1.54) is 0 Å². The minimum Gasteiger partial charge on any atom is -0.391 e. The summed E-state index contributed by atoms with van der Waals surface area (Å²) in [5, 5.41) is 12.7. The van der Waals surface area contributed by atoms with Crippen LogP contribution in [0.3, 0.4) is 0 Å². The van der Waals surface area contributed by atoms with Crippen molar-refractivity contribution in [2.24, 2.45) is 4.99 Å². The van der Waals surface area contributed by atoms with Crippen LogP contribution in [0.15, 0.2) is 16.4 Å². The fraction of sp³-hybridized carbons (Fsp3) is 0.769.